The van der Waals surface area contributed by atoms with Crippen LogP contribution in [-0.2, 0) is 6.54 Å². The molecule has 1 aromatic carbocycles. The Morgan fingerprint density at radius 1 is 1.58 bits per heavy atom. The Balaban J connectivity index is 2.45. The molecule has 0 aromatic heterocycles. The summed E-state index contributed by atoms with van der Waals surface area (Å²) in [7, 11) is 1.70. The van der Waals surface area contributed by atoms with E-state index in [9.17, 15) is 9.90 Å². The molecule has 0 fully saturated rings. The summed E-state index contributed by atoms with van der Waals surface area (Å²) in [4.78, 5) is 13.3. The molecule has 1 rings (SSSR count). The zero-order chi connectivity index (χ0) is 14.4. The number of amides is 2. The number of nitrogens with one attached hydrogen (secondary N) is 1. The van der Waals surface area contributed by atoms with Gasteiger partial charge in [-0.3, -0.25) is 0 Å². The van der Waals surface area contributed by atoms with Crippen LogP contribution < -0.4 is 5.32 Å². The molecule has 19 heavy (non-hydrogen) atoms. The molecule has 0 saturated heterocycles. The van der Waals surface area contributed by atoms with Crippen molar-refractivity contribution in [3.05, 3.63) is 33.3 Å². The van der Waals surface area contributed by atoms with Crippen molar-refractivity contribution in [2.45, 2.75) is 26.0 Å². The summed E-state index contributed by atoms with van der Waals surface area (Å²) in [6, 6.07) is 5.35. The van der Waals surface area contributed by atoms with Crippen LogP contribution in [0.4, 0.5) is 4.79 Å². The average molecular weight is 350 g/mol. The molecule has 0 radical (unpaired) electrons. The number of halogens is 2. The molecular formula is C13H18BrClN2O2. The molecule has 1 aromatic rings. The monoisotopic (exact) mass is 348 g/mol. The van der Waals surface area contributed by atoms with Crippen molar-refractivity contribution in [3.8, 4) is 0 Å². The summed E-state index contributed by atoms with van der Waals surface area (Å²) in [5, 5.41) is 12.6. The van der Waals surface area contributed by atoms with E-state index in [1.165, 1.54) is 0 Å². The van der Waals surface area contributed by atoms with Crippen LogP contribution in [-0.4, -0.2) is 35.7 Å². The van der Waals surface area contributed by atoms with E-state index in [1.54, 1.807) is 24.9 Å². The molecule has 0 aliphatic heterocycles. The Bertz CT molecular complexity index is 441. The molecule has 4 nitrogen and oxygen atoms in total. The summed E-state index contributed by atoms with van der Waals surface area (Å²) in [6.45, 7) is 2.59. The normalized spacial score (nSPS) is 12.1. The maximum Gasteiger partial charge on any atom is 0.317 e. The number of aliphatic hydroxyl groups is 1. The minimum Gasteiger partial charge on any atom is -0.393 e. The molecule has 0 heterocycles. The standard InChI is InChI=1S/C13H18BrClN2O2/c1-9(18)5-6-17(2)13(19)16-8-10-3-4-11(14)7-12(10)15/h3-4,7,9,18H,5-6,8H2,1-2H3,(H,16,19)/t9-/m0/s1. The van der Waals surface area contributed by atoms with E-state index in [0.717, 1.165) is 10.0 Å². The van der Waals surface area contributed by atoms with E-state index in [4.69, 9.17) is 11.6 Å². The Morgan fingerprint density at radius 3 is 2.84 bits per heavy atom. The average Bonchev–Trinajstić information content (AvgIpc) is 2.34. The maximum atomic E-state index is 11.8. The molecule has 2 amide bonds. The number of benzene rings is 1. The zero-order valence-corrected chi connectivity index (χ0v) is 13.3. The van der Waals surface area contributed by atoms with Crippen LogP contribution in [0.5, 0.6) is 0 Å². The van der Waals surface area contributed by atoms with E-state index in [2.05, 4.69) is 21.2 Å². The van der Waals surface area contributed by atoms with Gasteiger partial charge in [-0.25, -0.2) is 4.79 Å². The van der Waals surface area contributed by atoms with Crippen LogP contribution in [0.2, 0.25) is 5.02 Å². The maximum absolute atomic E-state index is 11.8. The molecular weight excluding hydrogens is 332 g/mol. The fourth-order valence-electron chi connectivity index (χ4n) is 1.45. The Labute approximate surface area is 126 Å². The lowest BCUT2D eigenvalue weighted by Crippen LogP contribution is -2.38. The van der Waals surface area contributed by atoms with Crippen LogP contribution in [0.3, 0.4) is 0 Å². The van der Waals surface area contributed by atoms with Crippen molar-refractivity contribution < 1.29 is 9.90 Å². The Morgan fingerprint density at radius 2 is 2.26 bits per heavy atom. The van der Waals surface area contributed by atoms with E-state index >= 15 is 0 Å². The summed E-state index contributed by atoms with van der Waals surface area (Å²) >= 11 is 9.40. The van der Waals surface area contributed by atoms with E-state index < -0.39 is 6.10 Å². The lowest BCUT2D eigenvalue weighted by Gasteiger charge is -2.19. The number of hydrogen-bond donors (Lipinski definition) is 2. The SMILES string of the molecule is C[C@H](O)CCN(C)C(=O)NCc1ccc(Br)cc1Cl. The third-order valence-electron chi connectivity index (χ3n) is 2.67. The number of hydrogen-bond acceptors (Lipinski definition) is 2. The molecule has 0 bridgehead atoms. The van der Waals surface area contributed by atoms with Gasteiger partial charge in [-0.05, 0) is 31.0 Å². The third kappa shape index (κ3) is 5.80. The molecule has 0 spiro atoms. The molecule has 6 heteroatoms. The lowest BCUT2D eigenvalue weighted by molar-refractivity contribution is 0.163. The molecule has 0 aliphatic carbocycles. The van der Waals surface area contributed by atoms with Gasteiger partial charge in [-0.2, -0.15) is 0 Å². The second-order valence-corrected chi connectivity index (χ2v) is 5.78. The Hall–Kier alpha value is -0.780. The molecule has 0 saturated carbocycles. The lowest BCUT2D eigenvalue weighted by atomic mass is 10.2. The van der Waals surface area contributed by atoms with E-state index in [0.29, 0.717) is 24.5 Å². The minimum atomic E-state index is -0.406. The summed E-state index contributed by atoms with van der Waals surface area (Å²) in [6.07, 6.45) is 0.152. The quantitative estimate of drug-likeness (QED) is 0.858. The number of aliphatic hydroxyl groups excluding tert-OH is 1. The first-order valence-corrected chi connectivity index (χ1v) is 7.18. The molecule has 0 unspecified atom stereocenters. The van der Waals surface area contributed by atoms with Crippen LogP contribution in [0.25, 0.3) is 0 Å². The predicted octanol–water partition coefficient (Wildman–Crippen LogP) is 3.01. The van der Waals surface area contributed by atoms with E-state index in [1.807, 2.05) is 12.1 Å². The number of urea groups is 1. The molecule has 0 aliphatic rings. The smallest absolute Gasteiger partial charge is 0.317 e. The first-order chi connectivity index (χ1) is 8.90. The van der Waals surface area contributed by atoms with Crippen molar-refractivity contribution in [3.63, 3.8) is 0 Å². The van der Waals surface area contributed by atoms with Crippen LogP contribution in [0.15, 0.2) is 22.7 Å². The number of carbonyl (C=O) groups excluding carboxylic acids is 1. The van der Waals surface area contributed by atoms with Gasteiger partial charge in [0.1, 0.15) is 0 Å². The summed E-state index contributed by atoms with van der Waals surface area (Å²) in [5.74, 6) is 0. The van der Waals surface area contributed by atoms with Crippen molar-refractivity contribution in [2.24, 2.45) is 0 Å². The highest BCUT2D eigenvalue weighted by molar-refractivity contribution is 9.10. The van der Waals surface area contributed by atoms with Crippen molar-refractivity contribution in [2.75, 3.05) is 13.6 Å². The third-order valence-corrected chi connectivity index (χ3v) is 3.52. The summed E-state index contributed by atoms with van der Waals surface area (Å²) in [5.41, 5.74) is 0.863. The molecule has 106 valence electrons. The van der Waals surface area contributed by atoms with Gasteiger partial charge in [0.25, 0.3) is 0 Å². The van der Waals surface area contributed by atoms with Crippen molar-refractivity contribution in [1.82, 2.24) is 10.2 Å². The predicted molar refractivity (Wildman–Crippen MR) is 80.3 cm³/mol. The highest BCUT2D eigenvalue weighted by atomic mass is 79.9. The van der Waals surface area contributed by atoms with E-state index in [-0.39, 0.29) is 6.03 Å². The first-order valence-electron chi connectivity index (χ1n) is 6.01. The largest absolute Gasteiger partial charge is 0.393 e. The highest BCUT2D eigenvalue weighted by Gasteiger charge is 2.10. The van der Waals surface area contributed by atoms with Crippen LogP contribution in [0, 0.1) is 0 Å². The van der Waals surface area contributed by atoms with Gasteiger partial charge in [0.15, 0.2) is 0 Å². The van der Waals surface area contributed by atoms with Gasteiger partial charge in [0, 0.05) is 29.6 Å². The van der Waals surface area contributed by atoms with Crippen molar-refractivity contribution >= 4 is 33.6 Å². The second kappa shape index (κ2) is 7.72. The number of carbonyl (C=O) groups is 1. The minimum absolute atomic E-state index is 0.181. The number of nitrogens with zero attached hydrogens (tertiary/aromatic N) is 1. The highest BCUT2D eigenvalue weighted by Crippen LogP contribution is 2.21. The number of rotatable bonds is 5. The Kier molecular flexibility index (Phi) is 6.62. The summed E-state index contributed by atoms with van der Waals surface area (Å²) < 4.78 is 0.904. The van der Waals surface area contributed by atoms with Gasteiger partial charge in [0.2, 0.25) is 0 Å². The molecule has 1 atom stereocenters. The fraction of sp³-hybridized carbons (Fsp3) is 0.462. The van der Waals surface area contributed by atoms with Crippen LogP contribution >= 0.6 is 27.5 Å². The van der Waals surface area contributed by atoms with Crippen LogP contribution in [0.1, 0.15) is 18.9 Å². The topological polar surface area (TPSA) is 52.6 Å². The van der Waals surface area contributed by atoms with Gasteiger partial charge >= 0.3 is 6.03 Å². The fourth-order valence-corrected chi connectivity index (χ4v) is 2.19. The van der Waals surface area contributed by atoms with Crippen molar-refractivity contribution in [1.29, 1.82) is 0 Å². The first kappa shape index (κ1) is 16.3. The van der Waals surface area contributed by atoms with Gasteiger partial charge in [-0.1, -0.05) is 33.6 Å². The van der Waals surface area contributed by atoms with Gasteiger partial charge in [0.05, 0.1) is 6.10 Å². The molecule has 2 N–H and O–H groups in total. The zero-order valence-electron chi connectivity index (χ0n) is 11.0. The van der Waals surface area contributed by atoms with Gasteiger partial charge < -0.3 is 15.3 Å². The van der Waals surface area contributed by atoms with Gasteiger partial charge in [-0.15, -0.1) is 0 Å². The second-order valence-electron chi connectivity index (χ2n) is 4.45.